The van der Waals surface area contributed by atoms with E-state index in [1.54, 1.807) is 7.11 Å². The van der Waals surface area contributed by atoms with Gasteiger partial charge in [0.05, 0.1) is 37.8 Å². The Bertz CT molecular complexity index is 425. The molecule has 0 saturated carbocycles. The van der Waals surface area contributed by atoms with E-state index < -0.39 is 8.32 Å². The molecule has 116 valence electrons. The molecular formula is C14H28N2O3Si. The average Bonchev–Trinajstić information content (AvgIpc) is 2.70. The first kappa shape index (κ1) is 17.4. The topological polar surface area (TPSA) is 56.5 Å². The highest BCUT2D eigenvalue weighted by Gasteiger charge is 2.36. The van der Waals surface area contributed by atoms with Crippen LogP contribution in [0.2, 0.25) is 18.1 Å². The number of hydrogen-bond donors (Lipinski definition) is 1. The highest BCUT2D eigenvalue weighted by atomic mass is 28.4. The molecule has 0 aromatic carbocycles. The Morgan fingerprint density at radius 3 is 2.50 bits per heavy atom. The normalized spacial score (nSPS) is 12.9. The molecule has 0 fully saturated rings. The van der Waals surface area contributed by atoms with Crippen LogP contribution in [0.3, 0.4) is 0 Å². The predicted molar refractivity (Wildman–Crippen MR) is 82.0 cm³/mol. The molecule has 0 amide bonds. The second-order valence-electron chi connectivity index (χ2n) is 6.55. The predicted octanol–water partition coefficient (Wildman–Crippen LogP) is 2.54. The standard InChI is InChI=1S/C14H28N2O3Si/c1-14(2,3)20(5,6)19-8-7-16-13(10-17)9-12(15-16)11-18-4/h9,17H,7-8,10-11H2,1-6H3. The third-order valence-electron chi connectivity index (χ3n) is 3.94. The molecule has 20 heavy (non-hydrogen) atoms. The van der Waals surface area contributed by atoms with Gasteiger partial charge in [0.15, 0.2) is 8.32 Å². The van der Waals surface area contributed by atoms with E-state index in [1.165, 1.54) is 0 Å². The van der Waals surface area contributed by atoms with Gasteiger partial charge < -0.3 is 14.3 Å². The number of nitrogens with zero attached hydrogens (tertiary/aromatic N) is 2. The van der Waals surface area contributed by atoms with E-state index >= 15 is 0 Å². The fourth-order valence-electron chi connectivity index (χ4n) is 1.66. The van der Waals surface area contributed by atoms with Gasteiger partial charge in [0.25, 0.3) is 0 Å². The Balaban J connectivity index is 2.62. The van der Waals surface area contributed by atoms with Crippen LogP contribution in [0.5, 0.6) is 0 Å². The van der Waals surface area contributed by atoms with Gasteiger partial charge in [-0.25, -0.2) is 0 Å². The van der Waals surface area contributed by atoms with E-state index in [2.05, 4.69) is 39.0 Å². The third-order valence-corrected chi connectivity index (χ3v) is 8.48. The van der Waals surface area contributed by atoms with Gasteiger partial charge in [-0.3, -0.25) is 4.68 Å². The van der Waals surface area contributed by atoms with Crippen molar-refractivity contribution in [3.63, 3.8) is 0 Å². The van der Waals surface area contributed by atoms with Crippen LogP contribution in [-0.4, -0.2) is 36.9 Å². The molecule has 0 atom stereocenters. The zero-order valence-electron chi connectivity index (χ0n) is 13.6. The monoisotopic (exact) mass is 300 g/mol. The minimum atomic E-state index is -1.72. The van der Waals surface area contributed by atoms with Crippen molar-refractivity contribution >= 4 is 8.32 Å². The smallest absolute Gasteiger partial charge is 0.192 e. The SMILES string of the molecule is COCc1cc(CO)n(CCO[Si](C)(C)C(C)(C)C)n1. The van der Waals surface area contributed by atoms with E-state index in [-0.39, 0.29) is 11.6 Å². The van der Waals surface area contributed by atoms with Crippen molar-refractivity contribution in [3.05, 3.63) is 17.5 Å². The molecule has 6 heteroatoms. The first-order valence-electron chi connectivity index (χ1n) is 7.00. The number of aromatic nitrogens is 2. The second-order valence-corrected chi connectivity index (χ2v) is 11.4. The summed E-state index contributed by atoms with van der Waals surface area (Å²) in [5.41, 5.74) is 1.64. The number of aliphatic hydroxyl groups is 1. The van der Waals surface area contributed by atoms with Gasteiger partial charge in [0.1, 0.15) is 0 Å². The Hall–Kier alpha value is -0.693. The highest BCUT2D eigenvalue weighted by Crippen LogP contribution is 2.36. The maximum Gasteiger partial charge on any atom is 0.192 e. The number of hydrogen-bond acceptors (Lipinski definition) is 4. The van der Waals surface area contributed by atoms with Crippen molar-refractivity contribution in [1.29, 1.82) is 0 Å². The lowest BCUT2D eigenvalue weighted by Gasteiger charge is -2.36. The largest absolute Gasteiger partial charge is 0.415 e. The highest BCUT2D eigenvalue weighted by molar-refractivity contribution is 6.74. The van der Waals surface area contributed by atoms with Crippen LogP contribution in [0.1, 0.15) is 32.2 Å². The van der Waals surface area contributed by atoms with E-state index in [4.69, 9.17) is 9.16 Å². The third kappa shape index (κ3) is 4.41. The minimum Gasteiger partial charge on any atom is -0.415 e. The molecule has 0 radical (unpaired) electrons. The number of ether oxygens (including phenoxy) is 1. The van der Waals surface area contributed by atoms with E-state index in [9.17, 15) is 5.11 Å². The molecule has 0 aliphatic heterocycles. The Morgan fingerprint density at radius 1 is 1.35 bits per heavy atom. The summed E-state index contributed by atoms with van der Waals surface area (Å²) in [5, 5.41) is 14.0. The summed E-state index contributed by atoms with van der Waals surface area (Å²) in [7, 11) is -0.0859. The summed E-state index contributed by atoms with van der Waals surface area (Å²) < 4.78 is 13.0. The molecule has 5 nitrogen and oxygen atoms in total. The van der Waals surface area contributed by atoms with Crippen LogP contribution in [0, 0.1) is 0 Å². The van der Waals surface area contributed by atoms with Crippen LogP contribution in [-0.2, 0) is 28.9 Å². The van der Waals surface area contributed by atoms with Crippen LogP contribution in [0.4, 0.5) is 0 Å². The summed E-state index contributed by atoms with van der Waals surface area (Å²) >= 11 is 0. The van der Waals surface area contributed by atoms with Crippen molar-refractivity contribution in [2.24, 2.45) is 0 Å². The molecule has 0 aliphatic rings. The zero-order valence-corrected chi connectivity index (χ0v) is 14.6. The molecule has 0 bridgehead atoms. The Labute approximate surface area is 123 Å². The lowest BCUT2D eigenvalue weighted by atomic mass is 10.2. The van der Waals surface area contributed by atoms with Gasteiger partial charge in [-0.05, 0) is 24.2 Å². The Morgan fingerprint density at radius 2 is 2.00 bits per heavy atom. The fourth-order valence-corrected chi connectivity index (χ4v) is 2.69. The summed E-state index contributed by atoms with van der Waals surface area (Å²) in [6, 6.07) is 1.87. The minimum absolute atomic E-state index is 0.0171. The quantitative estimate of drug-likeness (QED) is 0.786. The molecule has 1 aromatic heterocycles. The van der Waals surface area contributed by atoms with Crippen LogP contribution in [0.25, 0.3) is 0 Å². The van der Waals surface area contributed by atoms with Crippen molar-refractivity contribution in [3.8, 4) is 0 Å². The number of methoxy groups -OCH3 is 1. The lowest BCUT2D eigenvalue weighted by Crippen LogP contribution is -2.41. The molecule has 0 unspecified atom stereocenters. The number of rotatable bonds is 7. The summed E-state index contributed by atoms with van der Waals surface area (Å²) in [6.07, 6.45) is 0. The Kier molecular flexibility index (Phi) is 5.94. The van der Waals surface area contributed by atoms with Gasteiger partial charge >= 0.3 is 0 Å². The van der Waals surface area contributed by atoms with Crippen molar-refractivity contribution in [1.82, 2.24) is 9.78 Å². The van der Waals surface area contributed by atoms with Crippen LogP contribution >= 0.6 is 0 Å². The molecule has 0 spiro atoms. The van der Waals surface area contributed by atoms with Crippen LogP contribution in [0.15, 0.2) is 6.07 Å². The molecule has 0 saturated heterocycles. The molecule has 1 N–H and O–H groups in total. The lowest BCUT2D eigenvalue weighted by molar-refractivity contribution is 0.180. The van der Waals surface area contributed by atoms with E-state index in [0.29, 0.717) is 19.8 Å². The van der Waals surface area contributed by atoms with Gasteiger partial charge in [0, 0.05) is 7.11 Å². The summed E-state index contributed by atoms with van der Waals surface area (Å²) in [6.45, 7) is 12.9. The molecule has 1 rings (SSSR count). The van der Waals surface area contributed by atoms with Crippen LogP contribution < -0.4 is 0 Å². The summed E-state index contributed by atoms with van der Waals surface area (Å²) in [4.78, 5) is 0. The van der Waals surface area contributed by atoms with Crippen molar-refractivity contribution in [2.45, 2.75) is 58.7 Å². The average molecular weight is 300 g/mol. The fraction of sp³-hybridized carbons (Fsp3) is 0.786. The molecule has 0 aliphatic carbocycles. The van der Waals surface area contributed by atoms with E-state index in [1.807, 2.05) is 10.7 Å². The molecular weight excluding hydrogens is 272 g/mol. The summed E-state index contributed by atoms with van der Waals surface area (Å²) in [5.74, 6) is 0. The zero-order chi connectivity index (χ0) is 15.4. The maximum atomic E-state index is 9.35. The second kappa shape index (κ2) is 6.84. The van der Waals surface area contributed by atoms with Crippen molar-refractivity contribution < 1.29 is 14.3 Å². The number of aliphatic hydroxyl groups excluding tert-OH is 1. The van der Waals surface area contributed by atoms with E-state index in [0.717, 1.165) is 11.4 Å². The first-order chi connectivity index (χ1) is 9.21. The van der Waals surface area contributed by atoms with Gasteiger partial charge in [-0.1, -0.05) is 20.8 Å². The van der Waals surface area contributed by atoms with Gasteiger partial charge in [-0.2, -0.15) is 5.10 Å². The molecule has 1 aromatic rings. The maximum absolute atomic E-state index is 9.35. The van der Waals surface area contributed by atoms with Gasteiger partial charge in [-0.15, -0.1) is 0 Å². The van der Waals surface area contributed by atoms with Gasteiger partial charge in [0.2, 0.25) is 0 Å². The van der Waals surface area contributed by atoms with Crippen molar-refractivity contribution in [2.75, 3.05) is 13.7 Å². The molecule has 1 heterocycles. The first-order valence-corrected chi connectivity index (χ1v) is 9.91.